The summed E-state index contributed by atoms with van der Waals surface area (Å²) in [7, 11) is 0. The molecule has 0 bridgehead atoms. The molecule has 0 aromatic rings. The zero-order valence-corrected chi connectivity index (χ0v) is 7.95. The highest BCUT2D eigenvalue weighted by atomic mass is 32.2. The second-order valence-electron chi connectivity index (χ2n) is 2.93. The normalized spacial score (nSPS) is 23.5. The highest BCUT2D eigenvalue weighted by molar-refractivity contribution is 8.00. The largest absolute Gasteiger partial charge is 0.381 e. The van der Waals surface area contributed by atoms with Gasteiger partial charge in [0.1, 0.15) is 0 Å². The first-order chi connectivity index (χ1) is 5.33. The summed E-state index contributed by atoms with van der Waals surface area (Å²) in [6.07, 6.45) is 2.25. The molecule has 1 rings (SSSR count). The quantitative estimate of drug-likeness (QED) is 0.701. The van der Waals surface area contributed by atoms with Crippen LogP contribution in [0.3, 0.4) is 0 Å². The van der Waals surface area contributed by atoms with Gasteiger partial charge < -0.3 is 10.5 Å². The molecule has 0 aromatic heterocycles. The molecule has 1 saturated heterocycles. The first-order valence-electron chi connectivity index (χ1n) is 4.25. The minimum Gasteiger partial charge on any atom is -0.381 e. The van der Waals surface area contributed by atoms with Gasteiger partial charge in [-0.25, -0.2) is 0 Å². The maximum absolute atomic E-state index is 5.75. The molecule has 0 aliphatic carbocycles. The van der Waals surface area contributed by atoms with E-state index in [-0.39, 0.29) is 0 Å². The van der Waals surface area contributed by atoms with Crippen LogP contribution in [0, 0.1) is 0 Å². The van der Waals surface area contributed by atoms with Crippen molar-refractivity contribution < 1.29 is 4.74 Å². The van der Waals surface area contributed by atoms with Crippen molar-refractivity contribution in [3.63, 3.8) is 0 Å². The summed E-state index contributed by atoms with van der Waals surface area (Å²) in [6, 6.07) is 0. The van der Waals surface area contributed by atoms with Gasteiger partial charge in [0.25, 0.3) is 0 Å². The first-order valence-corrected chi connectivity index (χ1v) is 5.23. The van der Waals surface area contributed by atoms with Gasteiger partial charge >= 0.3 is 0 Å². The van der Waals surface area contributed by atoms with Crippen LogP contribution in [0.2, 0.25) is 0 Å². The smallest absolute Gasteiger partial charge is 0.0479 e. The van der Waals surface area contributed by atoms with Gasteiger partial charge in [-0.15, -0.1) is 0 Å². The summed E-state index contributed by atoms with van der Waals surface area (Å²) in [5.74, 6) is 1.16. The van der Waals surface area contributed by atoms with Crippen LogP contribution in [0.4, 0.5) is 0 Å². The summed E-state index contributed by atoms with van der Waals surface area (Å²) in [4.78, 5) is 0. The van der Waals surface area contributed by atoms with Gasteiger partial charge in [0.15, 0.2) is 0 Å². The lowest BCUT2D eigenvalue weighted by Gasteiger charge is -2.35. The SMILES string of the molecule is CCSC1(CN)CCOCC1. The molecule has 0 aromatic carbocycles. The Morgan fingerprint density at radius 3 is 2.55 bits per heavy atom. The standard InChI is InChI=1S/C8H17NOS/c1-2-11-8(7-9)3-5-10-6-4-8/h2-7,9H2,1H3. The number of thioether (sulfide) groups is 1. The molecular formula is C8H17NOS. The van der Waals surface area contributed by atoms with E-state index in [9.17, 15) is 0 Å². The fourth-order valence-electron chi connectivity index (χ4n) is 1.46. The fourth-order valence-corrected chi connectivity index (χ4v) is 2.64. The highest BCUT2D eigenvalue weighted by Gasteiger charge is 2.30. The molecule has 11 heavy (non-hydrogen) atoms. The number of hydrogen-bond acceptors (Lipinski definition) is 3. The summed E-state index contributed by atoms with van der Waals surface area (Å²) in [6.45, 7) is 4.78. The number of rotatable bonds is 3. The summed E-state index contributed by atoms with van der Waals surface area (Å²) < 4.78 is 5.64. The van der Waals surface area contributed by atoms with Crippen LogP contribution in [0.5, 0.6) is 0 Å². The van der Waals surface area contributed by atoms with E-state index in [4.69, 9.17) is 10.5 Å². The Morgan fingerprint density at radius 1 is 1.45 bits per heavy atom. The topological polar surface area (TPSA) is 35.2 Å². The van der Waals surface area contributed by atoms with Gasteiger partial charge in [-0.05, 0) is 18.6 Å². The predicted octanol–water partition coefficient (Wildman–Crippen LogP) is 1.25. The molecule has 1 aliphatic rings. The molecule has 2 nitrogen and oxygen atoms in total. The molecular weight excluding hydrogens is 158 g/mol. The second-order valence-corrected chi connectivity index (χ2v) is 4.66. The lowest BCUT2D eigenvalue weighted by molar-refractivity contribution is 0.0792. The van der Waals surface area contributed by atoms with E-state index in [1.165, 1.54) is 0 Å². The molecule has 0 saturated carbocycles. The van der Waals surface area contributed by atoms with Gasteiger partial charge in [-0.3, -0.25) is 0 Å². The Morgan fingerprint density at radius 2 is 2.09 bits per heavy atom. The molecule has 1 aliphatic heterocycles. The van der Waals surface area contributed by atoms with Crippen molar-refractivity contribution in [1.82, 2.24) is 0 Å². The highest BCUT2D eigenvalue weighted by Crippen LogP contribution is 2.33. The second kappa shape index (κ2) is 4.33. The molecule has 3 heteroatoms. The molecule has 0 radical (unpaired) electrons. The maximum Gasteiger partial charge on any atom is 0.0479 e. The van der Waals surface area contributed by atoms with E-state index in [2.05, 4.69) is 6.92 Å². The summed E-state index contributed by atoms with van der Waals surface area (Å²) >= 11 is 1.99. The lowest BCUT2D eigenvalue weighted by atomic mass is 9.99. The van der Waals surface area contributed by atoms with Gasteiger partial charge in [0.05, 0.1) is 0 Å². The van der Waals surface area contributed by atoms with Crippen LogP contribution >= 0.6 is 11.8 Å². The summed E-state index contributed by atoms with van der Waals surface area (Å²) in [5, 5.41) is 0. The van der Waals surface area contributed by atoms with E-state index in [0.29, 0.717) is 4.75 Å². The van der Waals surface area contributed by atoms with Crippen molar-refractivity contribution in [3.8, 4) is 0 Å². The van der Waals surface area contributed by atoms with E-state index in [1.54, 1.807) is 0 Å². The van der Waals surface area contributed by atoms with Crippen molar-refractivity contribution in [2.45, 2.75) is 24.5 Å². The molecule has 2 N–H and O–H groups in total. The number of nitrogens with two attached hydrogens (primary N) is 1. The third-order valence-corrected chi connectivity index (χ3v) is 3.70. The van der Waals surface area contributed by atoms with Crippen molar-refractivity contribution >= 4 is 11.8 Å². The van der Waals surface area contributed by atoms with E-state index in [0.717, 1.165) is 38.4 Å². The predicted molar refractivity (Wildman–Crippen MR) is 50.0 cm³/mol. The molecule has 0 atom stereocenters. The lowest BCUT2D eigenvalue weighted by Crippen LogP contribution is -2.40. The van der Waals surface area contributed by atoms with Crippen molar-refractivity contribution in [2.75, 3.05) is 25.5 Å². The van der Waals surface area contributed by atoms with Gasteiger partial charge in [0.2, 0.25) is 0 Å². The third-order valence-electron chi connectivity index (χ3n) is 2.23. The average Bonchev–Trinajstić information content (AvgIpc) is 2.07. The zero-order chi connectivity index (χ0) is 8.16. The van der Waals surface area contributed by atoms with Gasteiger partial charge in [-0.1, -0.05) is 6.92 Å². The first kappa shape index (κ1) is 9.36. The van der Waals surface area contributed by atoms with Gasteiger partial charge in [-0.2, -0.15) is 11.8 Å². The fraction of sp³-hybridized carbons (Fsp3) is 1.00. The Balaban J connectivity index is 2.42. The van der Waals surface area contributed by atoms with Crippen LogP contribution in [0.25, 0.3) is 0 Å². The van der Waals surface area contributed by atoms with E-state index in [1.807, 2.05) is 11.8 Å². The minimum absolute atomic E-state index is 0.340. The molecule has 0 spiro atoms. The molecule has 0 unspecified atom stereocenters. The minimum atomic E-state index is 0.340. The van der Waals surface area contributed by atoms with Crippen LogP contribution in [0.15, 0.2) is 0 Å². The van der Waals surface area contributed by atoms with E-state index < -0.39 is 0 Å². The van der Waals surface area contributed by atoms with Crippen molar-refractivity contribution in [3.05, 3.63) is 0 Å². The van der Waals surface area contributed by atoms with E-state index >= 15 is 0 Å². The Hall–Kier alpha value is 0.270. The monoisotopic (exact) mass is 175 g/mol. The van der Waals surface area contributed by atoms with Crippen LogP contribution in [0.1, 0.15) is 19.8 Å². The number of ether oxygens (including phenoxy) is 1. The Labute approximate surface area is 72.9 Å². The summed E-state index contributed by atoms with van der Waals surface area (Å²) in [5.41, 5.74) is 5.75. The van der Waals surface area contributed by atoms with Crippen LogP contribution in [-0.2, 0) is 4.74 Å². The average molecular weight is 175 g/mol. The van der Waals surface area contributed by atoms with Crippen molar-refractivity contribution in [1.29, 1.82) is 0 Å². The van der Waals surface area contributed by atoms with Crippen LogP contribution < -0.4 is 5.73 Å². The Kier molecular flexibility index (Phi) is 3.69. The maximum atomic E-state index is 5.75. The van der Waals surface area contributed by atoms with Gasteiger partial charge in [0, 0.05) is 24.5 Å². The molecule has 1 fully saturated rings. The molecule has 0 amide bonds. The third kappa shape index (κ3) is 2.36. The Bertz CT molecular complexity index is 107. The van der Waals surface area contributed by atoms with Crippen LogP contribution in [-0.4, -0.2) is 30.3 Å². The van der Waals surface area contributed by atoms with Crippen molar-refractivity contribution in [2.24, 2.45) is 5.73 Å². The number of hydrogen-bond donors (Lipinski definition) is 1. The zero-order valence-electron chi connectivity index (χ0n) is 7.14. The molecule has 66 valence electrons. The molecule has 1 heterocycles.